The fourth-order valence-corrected chi connectivity index (χ4v) is 5.91. The number of nitrogens with two attached hydrogens (primary N) is 1. The van der Waals surface area contributed by atoms with Crippen LogP contribution >= 0.6 is 7.82 Å². The number of phosphoric ester groups is 1. The van der Waals surface area contributed by atoms with Gasteiger partial charge < -0.3 is 25.3 Å². The van der Waals surface area contributed by atoms with Crippen LogP contribution in [-0.4, -0.2) is 55.8 Å². The summed E-state index contributed by atoms with van der Waals surface area (Å²) in [6, 6.07) is 5.88. The maximum absolute atomic E-state index is 13.1. The highest BCUT2D eigenvalue weighted by atomic mass is 31.2. The predicted molar refractivity (Wildman–Crippen MR) is 125 cm³/mol. The highest BCUT2D eigenvalue weighted by Gasteiger charge is 2.54. The molecular formula is C22H24F3N4O8P. The van der Waals surface area contributed by atoms with Gasteiger partial charge in [0, 0.05) is 12.6 Å². The van der Waals surface area contributed by atoms with Crippen LogP contribution in [0.25, 0.3) is 11.0 Å². The van der Waals surface area contributed by atoms with Gasteiger partial charge in [0.15, 0.2) is 11.9 Å². The Hall–Kier alpha value is -2.78. The lowest BCUT2D eigenvalue weighted by atomic mass is 9.96. The van der Waals surface area contributed by atoms with E-state index in [0.717, 1.165) is 12.1 Å². The first kappa shape index (κ1) is 26.8. The van der Waals surface area contributed by atoms with E-state index in [4.69, 9.17) is 24.0 Å². The highest BCUT2D eigenvalue weighted by Crippen LogP contribution is 2.57. The van der Waals surface area contributed by atoms with E-state index in [0.29, 0.717) is 0 Å². The minimum absolute atomic E-state index is 0.0981. The predicted octanol–water partition coefficient (Wildman–Crippen LogP) is 2.64. The topological polar surface area (TPSA) is 171 Å². The number of halogens is 3. The molecule has 12 nitrogen and oxygen atoms in total. The minimum atomic E-state index is -4.56. The van der Waals surface area contributed by atoms with E-state index in [1.165, 1.54) is 35.9 Å². The van der Waals surface area contributed by atoms with Crippen molar-refractivity contribution in [1.82, 2.24) is 14.5 Å². The Labute approximate surface area is 212 Å². The van der Waals surface area contributed by atoms with E-state index in [9.17, 15) is 32.7 Å². The number of aliphatic hydroxyl groups is 2. The summed E-state index contributed by atoms with van der Waals surface area (Å²) < 4.78 is 75.5. The normalized spacial score (nSPS) is 32.2. The number of hydrogen-bond donors (Lipinski definition) is 4. The van der Waals surface area contributed by atoms with Crippen molar-refractivity contribution in [2.24, 2.45) is 0 Å². The Kier molecular flexibility index (Phi) is 6.67. The lowest BCUT2D eigenvalue weighted by Gasteiger charge is -2.30. The SMILES string of the molecule is C[C@@]1(O)[C@H](O)[C@@H](CO[P@@]2(=O)OCC[C@@H](c3cccc(C(F)(F)F)c3)O2)O[C@H]1n1ccc2c(=O)[nH]c(N)nc21. The molecule has 0 radical (unpaired) electrons. The van der Waals surface area contributed by atoms with Gasteiger partial charge >= 0.3 is 14.0 Å². The van der Waals surface area contributed by atoms with Crippen molar-refractivity contribution in [2.75, 3.05) is 18.9 Å². The standard InChI is InChI=1S/C22H24F3N4O8P/c1-21(32)16(30)15(36-19(21)29-7-5-13-17(29)27-20(26)28-18(13)31)10-35-38(33)34-8-6-14(37-38)11-3-2-4-12(9-11)22(23,24)25/h2-5,7,9,14-16,19,30,32H,6,8,10H2,1H3,(H3,26,27,28,31)/t14-,15+,16+,19+,21+,38+/m0/s1. The number of nitrogens with zero attached hydrogens (tertiary/aromatic N) is 2. The van der Waals surface area contributed by atoms with Gasteiger partial charge in [0.2, 0.25) is 5.95 Å². The first-order chi connectivity index (χ1) is 17.8. The Morgan fingerprint density at radius 3 is 2.87 bits per heavy atom. The summed E-state index contributed by atoms with van der Waals surface area (Å²) in [5.74, 6) is -0.166. The van der Waals surface area contributed by atoms with Gasteiger partial charge in [-0.1, -0.05) is 12.1 Å². The summed E-state index contributed by atoms with van der Waals surface area (Å²) in [5, 5.41) is 22.0. The van der Waals surface area contributed by atoms with Gasteiger partial charge in [-0.2, -0.15) is 18.2 Å². The van der Waals surface area contributed by atoms with Gasteiger partial charge in [0.1, 0.15) is 17.8 Å². The summed E-state index contributed by atoms with van der Waals surface area (Å²) in [7, 11) is -4.28. The van der Waals surface area contributed by atoms with Gasteiger partial charge in [0.05, 0.1) is 30.3 Å². The number of nitrogen functional groups attached to an aromatic ring is 1. The monoisotopic (exact) mass is 560 g/mol. The van der Waals surface area contributed by atoms with Gasteiger partial charge in [-0.3, -0.25) is 23.3 Å². The highest BCUT2D eigenvalue weighted by molar-refractivity contribution is 7.48. The number of H-pyrrole nitrogens is 1. The van der Waals surface area contributed by atoms with Crippen molar-refractivity contribution in [3.63, 3.8) is 0 Å². The summed E-state index contributed by atoms with van der Waals surface area (Å²) in [4.78, 5) is 18.6. The van der Waals surface area contributed by atoms with E-state index in [1.54, 1.807) is 0 Å². The molecule has 0 saturated carbocycles. The third-order valence-corrected chi connectivity index (χ3v) is 7.95. The van der Waals surface area contributed by atoms with E-state index in [1.807, 2.05) is 0 Å². The summed E-state index contributed by atoms with van der Waals surface area (Å²) in [6.07, 6.45) is -8.04. The maximum Gasteiger partial charge on any atom is 0.475 e. The molecule has 0 aliphatic carbocycles. The van der Waals surface area contributed by atoms with Crippen LogP contribution in [0, 0.1) is 0 Å². The van der Waals surface area contributed by atoms with Crippen LogP contribution in [0.4, 0.5) is 19.1 Å². The smallest absolute Gasteiger partial charge is 0.387 e. The molecule has 0 unspecified atom stereocenters. The number of aliphatic hydroxyl groups excluding tert-OH is 1. The molecule has 4 heterocycles. The number of rotatable bonds is 5. The number of nitrogens with one attached hydrogen (secondary N) is 1. The van der Waals surface area contributed by atoms with Crippen LogP contribution in [0.15, 0.2) is 41.3 Å². The quantitative estimate of drug-likeness (QED) is 0.340. The number of hydrogen-bond acceptors (Lipinski definition) is 10. The number of anilines is 1. The largest absolute Gasteiger partial charge is 0.475 e. The molecule has 16 heteroatoms. The zero-order valence-electron chi connectivity index (χ0n) is 19.8. The Morgan fingerprint density at radius 1 is 1.37 bits per heavy atom. The Bertz CT molecular complexity index is 1460. The van der Waals surface area contributed by atoms with Crippen molar-refractivity contribution < 1.29 is 46.3 Å². The second-order valence-corrected chi connectivity index (χ2v) is 10.8. The van der Waals surface area contributed by atoms with Crippen LogP contribution in [0.5, 0.6) is 0 Å². The number of fused-ring (bicyclic) bond motifs is 1. The minimum Gasteiger partial charge on any atom is -0.387 e. The first-order valence-electron chi connectivity index (χ1n) is 11.5. The molecule has 2 saturated heterocycles. The fraction of sp³-hybridized carbons (Fsp3) is 0.455. The zero-order valence-corrected chi connectivity index (χ0v) is 20.7. The number of alkyl halides is 3. The summed E-state index contributed by atoms with van der Waals surface area (Å²) >= 11 is 0. The third-order valence-electron chi connectivity index (χ3n) is 6.48. The van der Waals surface area contributed by atoms with Crippen molar-refractivity contribution in [1.29, 1.82) is 0 Å². The molecule has 5 rings (SSSR count). The molecule has 0 amide bonds. The molecule has 2 aliphatic heterocycles. The van der Waals surface area contributed by atoms with Crippen molar-refractivity contribution in [3.8, 4) is 0 Å². The van der Waals surface area contributed by atoms with Crippen LogP contribution < -0.4 is 11.3 Å². The molecule has 2 aromatic heterocycles. The van der Waals surface area contributed by atoms with Gasteiger partial charge in [0.25, 0.3) is 5.56 Å². The van der Waals surface area contributed by atoms with Crippen LogP contribution in [-0.2, 0) is 29.0 Å². The first-order valence-corrected chi connectivity index (χ1v) is 12.9. The Balaban J connectivity index is 1.31. The second-order valence-electron chi connectivity index (χ2n) is 9.19. The molecule has 6 atom stereocenters. The number of phosphoric acid groups is 1. The summed E-state index contributed by atoms with van der Waals surface area (Å²) in [5.41, 5.74) is 2.57. The van der Waals surface area contributed by atoms with Gasteiger partial charge in [-0.05, 0) is 30.7 Å². The lowest BCUT2D eigenvalue weighted by Crippen LogP contribution is -2.44. The van der Waals surface area contributed by atoms with Crippen LogP contribution in [0.3, 0.4) is 0 Å². The lowest BCUT2D eigenvalue weighted by molar-refractivity contribution is -0.137. The average Bonchev–Trinajstić information content (AvgIpc) is 3.36. The third kappa shape index (κ3) is 4.86. The van der Waals surface area contributed by atoms with Crippen LogP contribution in [0.2, 0.25) is 0 Å². The zero-order chi connectivity index (χ0) is 27.5. The van der Waals surface area contributed by atoms with Crippen LogP contribution in [0.1, 0.15) is 36.8 Å². The van der Waals surface area contributed by atoms with Crippen molar-refractivity contribution in [3.05, 3.63) is 58.0 Å². The Morgan fingerprint density at radius 2 is 2.13 bits per heavy atom. The molecule has 206 valence electrons. The van der Waals surface area contributed by atoms with E-state index >= 15 is 0 Å². The molecule has 2 fully saturated rings. The molecule has 38 heavy (non-hydrogen) atoms. The maximum atomic E-state index is 13.1. The number of aromatic nitrogens is 3. The van der Waals surface area contributed by atoms with E-state index < -0.39 is 61.9 Å². The average molecular weight is 560 g/mol. The summed E-state index contributed by atoms with van der Waals surface area (Å²) in [6.45, 7) is 0.615. The molecule has 1 aromatic carbocycles. The molecule has 5 N–H and O–H groups in total. The molecular weight excluding hydrogens is 536 g/mol. The van der Waals surface area contributed by atoms with E-state index in [2.05, 4.69) is 9.97 Å². The second kappa shape index (κ2) is 9.45. The number of aromatic amines is 1. The number of ether oxygens (including phenoxy) is 1. The molecule has 0 bridgehead atoms. The molecule has 2 aliphatic rings. The van der Waals surface area contributed by atoms with Crippen molar-refractivity contribution >= 4 is 24.8 Å². The molecule has 0 spiro atoms. The fourth-order valence-electron chi connectivity index (χ4n) is 4.51. The van der Waals surface area contributed by atoms with E-state index in [-0.39, 0.29) is 35.6 Å². The number of benzene rings is 1. The van der Waals surface area contributed by atoms with Crippen molar-refractivity contribution in [2.45, 2.75) is 49.7 Å². The molecule has 3 aromatic rings. The van der Waals surface area contributed by atoms with Gasteiger partial charge in [-0.25, -0.2) is 4.57 Å². The van der Waals surface area contributed by atoms with Gasteiger partial charge in [-0.15, -0.1) is 0 Å².